The molecule has 37 heavy (non-hydrogen) atoms. The van der Waals surface area contributed by atoms with Crippen LogP contribution in [-0.4, -0.2) is 41.0 Å². The Morgan fingerprint density at radius 2 is 1.54 bits per heavy atom. The topological polar surface area (TPSA) is 87.7 Å². The molecule has 0 aliphatic rings. The second kappa shape index (κ2) is 13.3. The number of aryl methyl sites for hydroxylation is 2. The van der Waals surface area contributed by atoms with Gasteiger partial charge >= 0.3 is 6.09 Å². The number of hydrogen-bond acceptors (Lipinski definition) is 4. The Morgan fingerprint density at radius 1 is 0.919 bits per heavy atom. The highest BCUT2D eigenvalue weighted by Crippen LogP contribution is 2.28. The van der Waals surface area contributed by atoms with Crippen LogP contribution in [0.25, 0.3) is 0 Å². The van der Waals surface area contributed by atoms with Gasteiger partial charge in [0.25, 0.3) is 5.91 Å². The van der Waals surface area contributed by atoms with Crippen LogP contribution in [0.1, 0.15) is 77.1 Å². The molecular formula is C30H43N3O4. The van der Waals surface area contributed by atoms with Crippen LogP contribution in [0.3, 0.4) is 0 Å². The fourth-order valence-corrected chi connectivity index (χ4v) is 4.01. The number of amides is 3. The van der Waals surface area contributed by atoms with Crippen molar-refractivity contribution in [2.75, 3.05) is 11.9 Å². The van der Waals surface area contributed by atoms with Crippen molar-refractivity contribution < 1.29 is 19.1 Å². The van der Waals surface area contributed by atoms with Crippen LogP contribution in [0, 0.1) is 19.8 Å². The number of anilines is 1. The molecule has 0 aliphatic heterocycles. The van der Waals surface area contributed by atoms with E-state index in [1.54, 1.807) is 25.7 Å². The van der Waals surface area contributed by atoms with E-state index in [-0.39, 0.29) is 24.4 Å². The molecule has 0 fully saturated rings. The van der Waals surface area contributed by atoms with Crippen LogP contribution in [0.5, 0.6) is 0 Å². The molecular weight excluding hydrogens is 466 g/mol. The van der Waals surface area contributed by atoms with Gasteiger partial charge in [-0.1, -0.05) is 61.9 Å². The van der Waals surface area contributed by atoms with Gasteiger partial charge in [-0.2, -0.15) is 0 Å². The Balaban J connectivity index is 2.44. The molecule has 0 radical (unpaired) electrons. The minimum atomic E-state index is -0.879. The van der Waals surface area contributed by atoms with Gasteiger partial charge in [-0.25, -0.2) is 4.79 Å². The third kappa shape index (κ3) is 9.56. The number of para-hydroxylation sites is 1. The quantitative estimate of drug-likeness (QED) is 0.401. The second-order valence-corrected chi connectivity index (χ2v) is 11.1. The second-order valence-electron chi connectivity index (χ2n) is 11.1. The van der Waals surface area contributed by atoms with E-state index in [0.29, 0.717) is 17.2 Å². The molecule has 2 rings (SSSR count). The number of carbonyl (C=O) groups excluding carboxylic acids is 3. The standard InChI is InChI=1S/C30H43N3O4/c1-20(2)13-16-23(5)33(26(34)19-31-29(36)37-30(6,7)8)27(24-17-14-21(3)15-18-24)28(35)32-25-12-10-9-11-22(25)4/h9-12,14-15,17-18,20,23,27H,13,16,19H2,1-8H3,(H,31,36)(H,32,35). The number of alkyl carbamates (subject to hydrolysis) is 1. The maximum absolute atomic E-state index is 13.8. The van der Waals surface area contributed by atoms with Gasteiger partial charge in [0, 0.05) is 11.7 Å². The summed E-state index contributed by atoms with van der Waals surface area (Å²) in [6.45, 7) is 15.1. The molecule has 7 heteroatoms. The Hall–Kier alpha value is -3.35. The summed E-state index contributed by atoms with van der Waals surface area (Å²) in [5, 5.41) is 5.60. The van der Waals surface area contributed by atoms with Crippen LogP contribution in [0.4, 0.5) is 10.5 Å². The third-order valence-corrected chi connectivity index (χ3v) is 6.03. The van der Waals surface area contributed by atoms with Gasteiger partial charge < -0.3 is 20.3 Å². The van der Waals surface area contributed by atoms with E-state index in [1.165, 1.54) is 0 Å². The number of rotatable bonds is 10. The van der Waals surface area contributed by atoms with Crippen molar-refractivity contribution in [3.05, 3.63) is 65.2 Å². The van der Waals surface area contributed by atoms with E-state index in [4.69, 9.17) is 4.74 Å². The van der Waals surface area contributed by atoms with Crippen LogP contribution in [0.2, 0.25) is 0 Å². The first kappa shape index (κ1) is 29.9. The largest absolute Gasteiger partial charge is 0.444 e. The summed E-state index contributed by atoms with van der Waals surface area (Å²) in [4.78, 5) is 41.4. The number of ether oxygens (including phenoxy) is 1. The molecule has 2 unspecified atom stereocenters. The molecule has 2 aromatic carbocycles. The van der Waals surface area contributed by atoms with Crippen LogP contribution >= 0.6 is 0 Å². The highest BCUT2D eigenvalue weighted by molar-refractivity contribution is 5.99. The van der Waals surface area contributed by atoms with Crippen LogP contribution in [-0.2, 0) is 14.3 Å². The SMILES string of the molecule is Cc1ccc(C(C(=O)Nc2ccccc2C)N(C(=O)CNC(=O)OC(C)(C)C)C(C)CCC(C)C)cc1. The molecule has 3 amide bonds. The summed E-state index contributed by atoms with van der Waals surface area (Å²) >= 11 is 0. The predicted molar refractivity (Wildman–Crippen MR) is 148 cm³/mol. The molecule has 7 nitrogen and oxygen atoms in total. The van der Waals surface area contributed by atoms with Crippen molar-refractivity contribution in [2.45, 2.75) is 85.9 Å². The molecule has 202 valence electrons. The van der Waals surface area contributed by atoms with Gasteiger partial charge in [0.1, 0.15) is 18.2 Å². The van der Waals surface area contributed by atoms with E-state index in [0.717, 1.165) is 24.0 Å². The molecule has 0 saturated heterocycles. The lowest BCUT2D eigenvalue weighted by Crippen LogP contribution is -2.50. The zero-order valence-electron chi connectivity index (χ0n) is 23.6. The lowest BCUT2D eigenvalue weighted by Gasteiger charge is -2.37. The van der Waals surface area contributed by atoms with E-state index >= 15 is 0 Å². The fraction of sp³-hybridized carbons (Fsp3) is 0.500. The first-order chi connectivity index (χ1) is 17.3. The Bertz CT molecular complexity index is 1060. The summed E-state index contributed by atoms with van der Waals surface area (Å²) in [6.07, 6.45) is 0.937. The summed E-state index contributed by atoms with van der Waals surface area (Å²) in [5.74, 6) is -0.217. The Kier molecular flexibility index (Phi) is 10.7. The third-order valence-electron chi connectivity index (χ3n) is 6.03. The zero-order valence-corrected chi connectivity index (χ0v) is 23.6. The molecule has 0 saturated carbocycles. The average molecular weight is 510 g/mol. The number of nitrogens with one attached hydrogen (secondary N) is 2. The van der Waals surface area contributed by atoms with Gasteiger partial charge in [0.15, 0.2) is 0 Å². The fourth-order valence-electron chi connectivity index (χ4n) is 4.01. The zero-order chi connectivity index (χ0) is 27.8. The monoisotopic (exact) mass is 509 g/mol. The maximum atomic E-state index is 13.8. The Labute approximate surface area is 222 Å². The minimum Gasteiger partial charge on any atom is -0.444 e. The normalized spacial score (nSPS) is 13.0. The van der Waals surface area contributed by atoms with E-state index in [9.17, 15) is 14.4 Å². The van der Waals surface area contributed by atoms with Gasteiger partial charge in [-0.15, -0.1) is 0 Å². The Morgan fingerprint density at radius 3 is 2.11 bits per heavy atom. The van der Waals surface area contributed by atoms with Crippen molar-refractivity contribution in [1.29, 1.82) is 0 Å². The molecule has 0 heterocycles. The number of carbonyl (C=O) groups is 3. The molecule has 2 aromatic rings. The number of benzene rings is 2. The highest BCUT2D eigenvalue weighted by Gasteiger charge is 2.35. The summed E-state index contributed by atoms with van der Waals surface area (Å²) in [7, 11) is 0. The molecule has 0 bridgehead atoms. The molecule has 2 atom stereocenters. The lowest BCUT2D eigenvalue weighted by molar-refractivity contribution is -0.140. The minimum absolute atomic E-state index is 0.246. The highest BCUT2D eigenvalue weighted by atomic mass is 16.6. The van der Waals surface area contributed by atoms with E-state index in [1.807, 2.05) is 69.3 Å². The smallest absolute Gasteiger partial charge is 0.408 e. The number of hydrogen-bond donors (Lipinski definition) is 2. The summed E-state index contributed by atoms with van der Waals surface area (Å²) < 4.78 is 5.31. The summed E-state index contributed by atoms with van der Waals surface area (Å²) in [5.41, 5.74) is 2.70. The number of nitrogens with zero attached hydrogens (tertiary/aromatic N) is 1. The molecule has 2 N–H and O–H groups in total. The molecule has 0 aliphatic carbocycles. The predicted octanol–water partition coefficient (Wildman–Crippen LogP) is 6.16. The lowest BCUT2D eigenvalue weighted by atomic mass is 9.97. The first-order valence-corrected chi connectivity index (χ1v) is 13.0. The van der Waals surface area contributed by atoms with Crippen molar-refractivity contribution in [3.8, 4) is 0 Å². The van der Waals surface area contributed by atoms with Crippen LogP contribution < -0.4 is 10.6 Å². The van der Waals surface area contributed by atoms with Gasteiger partial charge in [0.2, 0.25) is 5.91 Å². The van der Waals surface area contributed by atoms with Crippen LogP contribution in [0.15, 0.2) is 48.5 Å². The average Bonchev–Trinajstić information content (AvgIpc) is 2.80. The van der Waals surface area contributed by atoms with E-state index in [2.05, 4.69) is 24.5 Å². The summed E-state index contributed by atoms with van der Waals surface area (Å²) in [6, 6.07) is 14.1. The van der Waals surface area contributed by atoms with Crippen molar-refractivity contribution in [1.82, 2.24) is 10.2 Å². The first-order valence-electron chi connectivity index (χ1n) is 13.0. The van der Waals surface area contributed by atoms with Crippen molar-refractivity contribution >= 4 is 23.6 Å². The van der Waals surface area contributed by atoms with Gasteiger partial charge in [-0.3, -0.25) is 9.59 Å². The molecule has 0 aromatic heterocycles. The van der Waals surface area contributed by atoms with Crippen molar-refractivity contribution in [2.24, 2.45) is 5.92 Å². The molecule has 0 spiro atoms. The van der Waals surface area contributed by atoms with Gasteiger partial charge in [-0.05, 0) is 77.5 Å². The van der Waals surface area contributed by atoms with Crippen molar-refractivity contribution in [3.63, 3.8) is 0 Å². The van der Waals surface area contributed by atoms with Gasteiger partial charge in [0.05, 0.1) is 0 Å². The van der Waals surface area contributed by atoms with E-state index < -0.39 is 17.7 Å². The maximum Gasteiger partial charge on any atom is 0.408 e.